The Morgan fingerprint density at radius 2 is 1.86 bits per heavy atom. The maximum atomic E-state index is 12.3. The zero-order chi connectivity index (χ0) is 20.1. The van der Waals surface area contributed by atoms with E-state index in [1.807, 2.05) is 18.2 Å². The first kappa shape index (κ1) is 17.9. The van der Waals surface area contributed by atoms with Crippen molar-refractivity contribution in [2.75, 3.05) is 10.6 Å². The second-order valence-corrected chi connectivity index (χ2v) is 6.08. The lowest BCUT2D eigenvalue weighted by molar-refractivity contribution is 0.102. The molecule has 0 aliphatic carbocycles. The summed E-state index contributed by atoms with van der Waals surface area (Å²) in [5.41, 5.74) is 2.32. The number of nitrogens with zero attached hydrogens (tertiary/aromatic N) is 5. The van der Waals surface area contributed by atoms with Crippen molar-refractivity contribution in [3.05, 3.63) is 90.8 Å². The van der Waals surface area contributed by atoms with E-state index < -0.39 is 0 Å². The average Bonchev–Trinajstić information content (AvgIpc) is 3.30. The third kappa shape index (κ3) is 4.26. The molecule has 2 N–H and O–H groups in total. The van der Waals surface area contributed by atoms with Gasteiger partial charge in [0.2, 0.25) is 0 Å². The lowest BCUT2D eigenvalue weighted by Gasteiger charge is -2.09. The van der Waals surface area contributed by atoms with E-state index in [1.54, 1.807) is 65.8 Å². The maximum Gasteiger partial charge on any atom is 0.255 e. The summed E-state index contributed by atoms with van der Waals surface area (Å²) in [6.45, 7) is 0. The summed E-state index contributed by atoms with van der Waals surface area (Å²) < 4.78 is 1.78. The Balaban J connectivity index is 1.44. The number of benzene rings is 2. The summed E-state index contributed by atoms with van der Waals surface area (Å²) in [4.78, 5) is 24.8. The van der Waals surface area contributed by atoms with Crippen LogP contribution in [0.2, 0.25) is 0 Å². The number of nitriles is 1. The molecule has 8 nitrogen and oxygen atoms in total. The zero-order valence-corrected chi connectivity index (χ0v) is 15.1. The molecular formula is C21H15N7O. The standard InChI is InChI=1S/C21H15N7O/c22-12-15-2-1-3-16(10-15)21(29)27-18-6-4-17(5-7-18)26-19-11-20(25-13-24-19)28-9-8-23-14-28/h1-11,13-14H,(H,27,29)(H,24,25,26). The van der Waals surface area contributed by atoms with Crippen molar-refractivity contribution in [2.45, 2.75) is 0 Å². The summed E-state index contributed by atoms with van der Waals surface area (Å²) in [7, 11) is 0. The molecule has 0 radical (unpaired) electrons. The van der Waals surface area contributed by atoms with Crippen LogP contribution >= 0.6 is 0 Å². The van der Waals surface area contributed by atoms with E-state index in [1.165, 1.54) is 6.33 Å². The van der Waals surface area contributed by atoms with Crippen molar-refractivity contribution in [3.63, 3.8) is 0 Å². The van der Waals surface area contributed by atoms with E-state index in [-0.39, 0.29) is 5.91 Å². The molecule has 0 spiro atoms. The SMILES string of the molecule is N#Cc1cccc(C(=O)Nc2ccc(Nc3cc(-n4ccnc4)ncn3)cc2)c1. The number of carbonyl (C=O) groups is 1. The predicted octanol–water partition coefficient (Wildman–Crippen LogP) is 3.53. The van der Waals surface area contributed by atoms with Crippen LogP contribution in [0, 0.1) is 11.3 Å². The molecule has 8 heteroatoms. The fraction of sp³-hybridized carbons (Fsp3) is 0. The minimum absolute atomic E-state index is 0.274. The Kier molecular flexibility index (Phi) is 4.95. The van der Waals surface area contributed by atoms with E-state index in [0.29, 0.717) is 28.5 Å². The molecule has 0 aliphatic heterocycles. The van der Waals surface area contributed by atoms with Crippen molar-refractivity contribution in [1.29, 1.82) is 5.26 Å². The molecule has 0 saturated carbocycles. The minimum atomic E-state index is -0.274. The monoisotopic (exact) mass is 381 g/mol. The van der Waals surface area contributed by atoms with Gasteiger partial charge in [-0.3, -0.25) is 9.36 Å². The molecule has 2 aromatic heterocycles. The number of hydrogen-bond donors (Lipinski definition) is 2. The average molecular weight is 381 g/mol. The van der Waals surface area contributed by atoms with Crippen LogP contribution in [0.25, 0.3) is 5.82 Å². The third-order valence-corrected chi connectivity index (χ3v) is 4.09. The first-order valence-corrected chi connectivity index (χ1v) is 8.70. The molecule has 0 bridgehead atoms. The number of hydrogen-bond acceptors (Lipinski definition) is 6. The number of imidazole rings is 1. The number of rotatable bonds is 5. The lowest BCUT2D eigenvalue weighted by Crippen LogP contribution is -2.11. The summed E-state index contributed by atoms with van der Waals surface area (Å²) >= 11 is 0. The van der Waals surface area contributed by atoms with Gasteiger partial charge >= 0.3 is 0 Å². The summed E-state index contributed by atoms with van der Waals surface area (Å²) in [5.74, 6) is 1.06. The van der Waals surface area contributed by atoms with E-state index in [9.17, 15) is 4.79 Å². The summed E-state index contributed by atoms with van der Waals surface area (Å²) in [6.07, 6.45) is 6.62. The van der Waals surface area contributed by atoms with Crippen LogP contribution in [0.5, 0.6) is 0 Å². The van der Waals surface area contributed by atoms with E-state index in [0.717, 1.165) is 5.69 Å². The topological polar surface area (TPSA) is 109 Å². The summed E-state index contributed by atoms with van der Waals surface area (Å²) in [6, 6.07) is 17.6. The second-order valence-electron chi connectivity index (χ2n) is 6.08. The molecule has 4 aromatic rings. The number of amides is 1. The van der Waals surface area contributed by atoms with Crippen molar-refractivity contribution in [3.8, 4) is 11.9 Å². The normalized spacial score (nSPS) is 10.2. The smallest absolute Gasteiger partial charge is 0.255 e. The van der Waals surface area contributed by atoms with Gasteiger partial charge < -0.3 is 10.6 Å². The number of carbonyl (C=O) groups excluding carboxylic acids is 1. The highest BCUT2D eigenvalue weighted by atomic mass is 16.1. The largest absolute Gasteiger partial charge is 0.340 e. The van der Waals surface area contributed by atoms with E-state index in [2.05, 4.69) is 25.6 Å². The van der Waals surface area contributed by atoms with E-state index in [4.69, 9.17) is 5.26 Å². The molecule has 2 heterocycles. The van der Waals surface area contributed by atoms with Gasteiger partial charge in [-0.15, -0.1) is 0 Å². The van der Waals surface area contributed by atoms with Crippen molar-refractivity contribution in [1.82, 2.24) is 19.5 Å². The molecule has 0 saturated heterocycles. The number of anilines is 3. The number of nitrogens with one attached hydrogen (secondary N) is 2. The van der Waals surface area contributed by atoms with Crippen LogP contribution in [0.15, 0.2) is 79.6 Å². The molecule has 140 valence electrons. The lowest BCUT2D eigenvalue weighted by atomic mass is 10.1. The highest BCUT2D eigenvalue weighted by Gasteiger charge is 2.07. The highest BCUT2D eigenvalue weighted by molar-refractivity contribution is 6.04. The van der Waals surface area contributed by atoms with Crippen LogP contribution < -0.4 is 10.6 Å². The predicted molar refractivity (Wildman–Crippen MR) is 108 cm³/mol. The van der Waals surface area contributed by atoms with Gasteiger partial charge in [-0.2, -0.15) is 5.26 Å². The molecule has 0 atom stereocenters. The van der Waals surface area contributed by atoms with Crippen molar-refractivity contribution in [2.24, 2.45) is 0 Å². The Morgan fingerprint density at radius 1 is 1.03 bits per heavy atom. The van der Waals surface area contributed by atoms with Gasteiger partial charge in [0.25, 0.3) is 5.91 Å². The van der Waals surface area contributed by atoms with Crippen LogP contribution in [0.1, 0.15) is 15.9 Å². The summed E-state index contributed by atoms with van der Waals surface area (Å²) in [5, 5.41) is 15.0. The van der Waals surface area contributed by atoms with Crippen LogP contribution in [-0.2, 0) is 0 Å². The Hall–Kier alpha value is -4.51. The highest BCUT2D eigenvalue weighted by Crippen LogP contribution is 2.19. The van der Waals surface area contributed by atoms with Gasteiger partial charge in [0.1, 0.15) is 24.3 Å². The number of aromatic nitrogens is 4. The maximum absolute atomic E-state index is 12.3. The van der Waals surface area contributed by atoms with E-state index >= 15 is 0 Å². The fourth-order valence-electron chi connectivity index (χ4n) is 2.67. The molecule has 2 aromatic carbocycles. The van der Waals surface area contributed by atoms with Crippen LogP contribution in [-0.4, -0.2) is 25.4 Å². The Labute approximate surface area is 166 Å². The van der Waals surface area contributed by atoms with Gasteiger partial charge in [0.15, 0.2) is 0 Å². The van der Waals surface area contributed by atoms with Crippen LogP contribution in [0.3, 0.4) is 0 Å². The van der Waals surface area contributed by atoms with Gasteiger partial charge in [-0.05, 0) is 42.5 Å². The van der Waals surface area contributed by atoms with Crippen molar-refractivity contribution >= 4 is 23.1 Å². The quantitative estimate of drug-likeness (QED) is 0.547. The molecule has 0 fully saturated rings. The molecule has 0 unspecified atom stereocenters. The Morgan fingerprint density at radius 3 is 2.62 bits per heavy atom. The molecule has 29 heavy (non-hydrogen) atoms. The van der Waals surface area contributed by atoms with Gasteiger partial charge in [0, 0.05) is 35.4 Å². The zero-order valence-electron chi connectivity index (χ0n) is 15.1. The minimum Gasteiger partial charge on any atom is -0.340 e. The fourth-order valence-corrected chi connectivity index (χ4v) is 2.67. The second kappa shape index (κ2) is 8.02. The molecule has 1 amide bonds. The van der Waals surface area contributed by atoms with Gasteiger partial charge in [0.05, 0.1) is 11.6 Å². The third-order valence-electron chi connectivity index (χ3n) is 4.09. The first-order chi connectivity index (χ1) is 14.2. The first-order valence-electron chi connectivity index (χ1n) is 8.70. The van der Waals surface area contributed by atoms with Gasteiger partial charge in [-0.1, -0.05) is 6.07 Å². The Bertz CT molecular complexity index is 1180. The van der Waals surface area contributed by atoms with Crippen molar-refractivity contribution < 1.29 is 4.79 Å². The molecule has 4 rings (SSSR count). The molecule has 0 aliphatic rings. The van der Waals surface area contributed by atoms with Gasteiger partial charge in [-0.25, -0.2) is 15.0 Å². The molecular weight excluding hydrogens is 366 g/mol. The van der Waals surface area contributed by atoms with Crippen LogP contribution in [0.4, 0.5) is 17.2 Å².